The Kier molecular flexibility index (Phi) is 1.44. The first kappa shape index (κ1) is 6.54. The Labute approximate surface area is 53.3 Å². The van der Waals surface area contributed by atoms with Crippen molar-refractivity contribution in [2.24, 2.45) is 0 Å². The number of nitrogens with one attached hydrogen (secondary N) is 1. The van der Waals surface area contributed by atoms with E-state index in [0.717, 1.165) is 6.41 Å². The lowest BCUT2D eigenvalue weighted by atomic mass is 11.0. The van der Waals surface area contributed by atoms with Crippen molar-refractivity contribution < 1.29 is 13.2 Å². The minimum atomic E-state index is -3.31. The topological polar surface area (TPSA) is 63.2 Å². The van der Waals surface area contributed by atoms with Crippen molar-refractivity contribution >= 4 is 16.4 Å². The van der Waals surface area contributed by atoms with Gasteiger partial charge in [-0.1, -0.05) is 0 Å². The highest BCUT2D eigenvalue weighted by Crippen LogP contribution is 2.26. The third-order valence-electron chi connectivity index (χ3n) is 1.15. The molecule has 5 heteroatoms. The number of hydrogen-bond donors (Lipinski definition) is 1. The molecule has 0 bridgehead atoms. The highest BCUT2D eigenvalue weighted by Gasteiger charge is 2.35. The predicted octanol–water partition coefficient (Wildman–Crippen LogP) is -0.865. The van der Waals surface area contributed by atoms with E-state index in [1.165, 1.54) is 0 Å². The van der Waals surface area contributed by atoms with Gasteiger partial charge in [0, 0.05) is 0 Å². The van der Waals surface area contributed by atoms with Gasteiger partial charge in [0.1, 0.15) is 0 Å². The Hall–Kier alpha value is -0.580. The van der Waals surface area contributed by atoms with Gasteiger partial charge >= 0.3 is 6.41 Å². The van der Waals surface area contributed by atoms with Crippen LogP contribution in [0.4, 0.5) is 0 Å². The average molecular weight is 148 g/mol. The minimum absolute atomic E-state index is 0.334. The normalized spacial score (nSPS) is 19.1. The molecule has 0 aromatic rings. The second-order valence-corrected chi connectivity index (χ2v) is 3.91. The van der Waals surface area contributed by atoms with E-state index in [0.29, 0.717) is 12.8 Å². The first-order chi connectivity index (χ1) is 4.17. The lowest BCUT2D eigenvalue weighted by Gasteiger charge is -1.94. The van der Waals surface area contributed by atoms with Gasteiger partial charge in [0.15, 0.2) is 0 Å². The molecular formula is C4H6NO3S. The van der Waals surface area contributed by atoms with Crippen LogP contribution in [0.2, 0.25) is 0 Å². The number of carbonyl (C=O) groups excluding carboxylic acids is 1. The average Bonchev–Trinajstić information content (AvgIpc) is 2.41. The van der Waals surface area contributed by atoms with Crippen LogP contribution in [0.15, 0.2) is 0 Å². The number of rotatable bonds is 3. The second kappa shape index (κ2) is 1.98. The van der Waals surface area contributed by atoms with Crippen molar-refractivity contribution in [2.75, 3.05) is 0 Å². The molecule has 1 aliphatic carbocycles. The van der Waals surface area contributed by atoms with Gasteiger partial charge in [0.25, 0.3) is 0 Å². The Morgan fingerprint density at radius 2 is 2.00 bits per heavy atom. The molecule has 1 radical (unpaired) electrons. The van der Waals surface area contributed by atoms with Crippen molar-refractivity contribution in [1.29, 1.82) is 0 Å². The lowest BCUT2D eigenvalue weighted by molar-refractivity contribution is 0.547. The van der Waals surface area contributed by atoms with Gasteiger partial charge in [-0.15, -0.1) is 0 Å². The van der Waals surface area contributed by atoms with Crippen LogP contribution in [0.3, 0.4) is 0 Å². The first-order valence-corrected chi connectivity index (χ1v) is 4.09. The molecule has 1 aliphatic rings. The van der Waals surface area contributed by atoms with E-state index in [-0.39, 0.29) is 5.25 Å². The first-order valence-electron chi connectivity index (χ1n) is 2.54. The number of hydrogen-bond acceptors (Lipinski definition) is 3. The highest BCUT2D eigenvalue weighted by atomic mass is 32.2. The summed E-state index contributed by atoms with van der Waals surface area (Å²) < 4.78 is 22.9. The molecule has 1 rings (SSSR count). The summed E-state index contributed by atoms with van der Waals surface area (Å²) in [4.78, 5) is 9.54. The summed E-state index contributed by atoms with van der Waals surface area (Å²) in [7, 11) is -3.31. The van der Waals surface area contributed by atoms with Crippen molar-refractivity contribution in [2.45, 2.75) is 18.1 Å². The van der Waals surface area contributed by atoms with E-state index in [9.17, 15) is 13.2 Å². The Bertz CT molecular complexity index is 204. The molecule has 51 valence electrons. The fourth-order valence-corrected chi connectivity index (χ4v) is 1.56. The van der Waals surface area contributed by atoms with Crippen LogP contribution < -0.4 is 4.72 Å². The zero-order valence-electron chi connectivity index (χ0n) is 4.62. The third kappa shape index (κ3) is 1.41. The van der Waals surface area contributed by atoms with E-state index >= 15 is 0 Å². The molecule has 0 aromatic carbocycles. The van der Waals surface area contributed by atoms with E-state index in [1.54, 1.807) is 4.72 Å². The molecule has 1 amide bonds. The fraction of sp³-hybridized carbons (Fsp3) is 0.750. The number of amides is 1. The monoisotopic (exact) mass is 148 g/mol. The molecule has 0 saturated heterocycles. The summed E-state index contributed by atoms with van der Waals surface area (Å²) in [6, 6.07) is 0. The largest absolute Gasteiger partial charge is 0.323 e. The summed E-state index contributed by atoms with van der Waals surface area (Å²) in [5, 5.41) is -0.334. The molecule has 4 nitrogen and oxygen atoms in total. The number of sulfonamides is 1. The Morgan fingerprint density at radius 1 is 1.44 bits per heavy atom. The van der Waals surface area contributed by atoms with Crippen molar-refractivity contribution in [3.63, 3.8) is 0 Å². The van der Waals surface area contributed by atoms with E-state index in [4.69, 9.17) is 0 Å². The summed E-state index contributed by atoms with van der Waals surface area (Å²) in [6.07, 6.45) is 2.47. The van der Waals surface area contributed by atoms with Crippen LogP contribution in [0.1, 0.15) is 12.8 Å². The van der Waals surface area contributed by atoms with Gasteiger partial charge in [-0.05, 0) is 12.8 Å². The van der Waals surface area contributed by atoms with Crippen molar-refractivity contribution in [3.05, 3.63) is 0 Å². The maximum Gasteiger partial charge on any atom is 0.323 e. The maximum absolute atomic E-state index is 10.6. The van der Waals surface area contributed by atoms with Gasteiger partial charge in [0.2, 0.25) is 10.0 Å². The molecule has 9 heavy (non-hydrogen) atoms. The van der Waals surface area contributed by atoms with E-state index < -0.39 is 10.0 Å². The van der Waals surface area contributed by atoms with Gasteiger partial charge in [0.05, 0.1) is 5.25 Å². The van der Waals surface area contributed by atoms with Gasteiger partial charge in [-0.25, -0.2) is 13.1 Å². The molecule has 1 saturated carbocycles. The van der Waals surface area contributed by atoms with Crippen LogP contribution in [0.25, 0.3) is 0 Å². The quantitative estimate of drug-likeness (QED) is 0.529. The van der Waals surface area contributed by atoms with Crippen LogP contribution >= 0.6 is 0 Å². The standard InChI is InChI=1S/C4H6NO3S/c6-3-5-9(7,8)4-1-2-4/h4H,1-2H2,(H,5,6). The lowest BCUT2D eigenvalue weighted by Crippen LogP contribution is -2.25. The van der Waals surface area contributed by atoms with Crippen molar-refractivity contribution in [3.8, 4) is 0 Å². The molecule has 0 heterocycles. The third-order valence-corrected chi connectivity index (χ3v) is 2.86. The minimum Gasteiger partial charge on any atom is -0.263 e. The van der Waals surface area contributed by atoms with Crippen molar-refractivity contribution in [1.82, 2.24) is 4.72 Å². The van der Waals surface area contributed by atoms with Crippen LogP contribution in [-0.2, 0) is 14.8 Å². The molecule has 1 N–H and O–H groups in total. The predicted molar refractivity (Wildman–Crippen MR) is 30.8 cm³/mol. The Balaban J connectivity index is 2.60. The Morgan fingerprint density at radius 3 is 2.33 bits per heavy atom. The summed E-state index contributed by atoms with van der Waals surface area (Å²) in [6.45, 7) is 0. The zero-order chi connectivity index (χ0) is 6.91. The van der Waals surface area contributed by atoms with Gasteiger partial charge in [-0.3, -0.25) is 4.79 Å². The van der Waals surface area contributed by atoms with E-state index in [1.807, 2.05) is 0 Å². The van der Waals surface area contributed by atoms with Gasteiger partial charge < -0.3 is 0 Å². The fourth-order valence-electron chi connectivity index (χ4n) is 0.520. The van der Waals surface area contributed by atoms with Crippen LogP contribution in [-0.4, -0.2) is 20.1 Å². The summed E-state index contributed by atoms with van der Waals surface area (Å²) in [5.74, 6) is 0. The molecule has 0 aliphatic heterocycles. The van der Waals surface area contributed by atoms with E-state index in [2.05, 4.69) is 0 Å². The molecular weight excluding hydrogens is 142 g/mol. The van der Waals surface area contributed by atoms with Gasteiger partial charge in [-0.2, -0.15) is 0 Å². The summed E-state index contributed by atoms with van der Waals surface area (Å²) in [5.41, 5.74) is 0. The maximum atomic E-state index is 10.6. The molecule has 0 aromatic heterocycles. The molecule has 0 spiro atoms. The highest BCUT2D eigenvalue weighted by molar-refractivity contribution is 7.90. The van der Waals surface area contributed by atoms with Crippen LogP contribution in [0, 0.1) is 0 Å². The molecule has 1 fully saturated rings. The SMILES string of the molecule is O=[C]NS(=O)(=O)C1CC1. The second-order valence-electron chi connectivity index (χ2n) is 1.95. The zero-order valence-corrected chi connectivity index (χ0v) is 5.44. The summed E-state index contributed by atoms with van der Waals surface area (Å²) >= 11 is 0. The van der Waals surface area contributed by atoms with Crippen LogP contribution in [0.5, 0.6) is 0 Å². The molecule has 0 unspecified atom stereocenters. The smallest absolute Gasteiger partial charge is 0.263 e. The molecule has 0 atom stereocenters.